The van der Waals surface area contributed by atoms with Crippen LogP contribution < -0.4 is 24.8 Å². The van der Waals surface area contributed by atoms with E-state index < -0.39 is 10.1 Å². The lowest BCUT2D eigenvalue weighted by atomic mass is 9.82. The molecule has 0 saturated carbocycles. The number of anilines is 1. The van der Waals surface area contributed by atoms with E-state index in [-0.39, 0.29) is 9.92 Å². The van der Waals surface area contributed by atoms with Gasteiger partial charge in [0.05, 0.1) is 5.56 Å². The average Bonchev–Trinajstić information content (AvgIpc) is 2.93. The third-order valence-corrected chi connectivity index (χ3v) is 10.3. The molecule has 3 aromatic carbocycles. The maximum atomic E-state index is 12.7. The second kappa shape index (κ2) is 8.56. The molecule has 5 aliphatic heterocycles. The molecule has 5 heterocycles. The van der Waals surface area contributed by atoms with Crippen molar-refractivity contribution in [3.05, 3.63) is 79.3 Å². The number of hydrogen-bond acceptors (Lipinski definition) is 4. The summed E-state index contributed by atoms with van der Waals surface area (Å²) >= 11 is 6.27. The van der Waals surface area contributed by atoms with Crippen molar-refractivity contribution in [3.63, 3.8) is 0 Å². The highest BCUT2D eigenvalue weighted by Crippen LogP contribution is 2.49. The molecule has 0 aliphatic carbocycles. The van der Waals surface area contributed by atoms with Gasteiger partial charge in [-0.2, -0.15) is 8.42 Å². The number of fused-ring (bicyclic) bond motifs is 4. The van der Waals surface area contributed by atoms with E-state index in [0.29, 0.717) is 5.56 Å². The lowest BCUT2D eigenvalue weighted by Crippen LogP contribution is -2.45. The lowest BCUT2D eigenvalue weighted by molar-refractivity contribution is 0.431. The third-order valence-electron chi connectivity index (χ3n) is 9.18. The van der Waals surface area contributed by atoms with Gasteiger partial charge in [-0.25, -0.2) is 4.58 Å². The molecule has 200 valence electrons. The Balaban J connectivity index is 1.56. The van der Waals surface area contributed by atoms with Crippen molar-refractivity contribution in [2.75, 3.05) is 31.1 Å². The minimum atomic E-state index is -4.53. The Labute approximate surface area is 232 Å². The normalized spacial score (nSPS) is 19.1. The second-order valence-electron chi connectivity index (χ2n) is 11.5. The van der Waals surface area contributed by atoms with Crippen molar-refractivity contribution in [3.8, 4) is 11.5 Å². The molecule has 8 rings (SSSR count). The van der Waals surface area contributed by atoms with E-state index >= 15 is 0 Å². The molecular weight excluding hydrogens is 532 g/mol. The first-order valence-corrected chi connectivity index (χ1v) is 15.9. The van der Waals surface area contributed by atoms with Gasteiger partial charge in [0.25, 0.3) is 10.1 Å². The first kappa shape index (κ1) is 24.0. The molecule has 1 N–H and O–H groups in total. The highest BCUT2D eigenvalue weighted by molar-refractivity contribution is 7.86. The van der Waals surface area contributed by atoms with Gasteiger partial charge in [0.1, 0.15) is 29.5 Å². The predicted molar refractivity (Wildman–Crippen MR) is 152 cm³/mol. The monoisotopic (exact) mass is 561 g/mol. The van der Waals surface area contributed by atoms with Crippen molar-refractivity contribution in [1.82, 2.24) is 4.58 Å². The van der Waals surface area contributed by atoms with Gasteiger partial charge in [0.2, 0.25) is 5.36 Å². The van der Waals surface area contributed by atoms with E-state index in [4.69, 9.17) is 16.3 Å². The van der Waals surface area contributed by atoms with Crippen LogP contribution in [0.4, 0.5) is 5.69 Å². The Morgan fingerprint density at radius 2 is 1.59 bits per heavy atom. The molecule has 0 atom stereocenters. The average molecular weight is 562 g/mol. The van der Waals surface area contributed by atoms with Gasteiger partial charge in [-0.1, -0.05) is 17.7 Å². The largest absolute Gasteiger partial charge is 0.455 e. The fourth-order valence-electron chi connectivity index (χ4n) is 7.72. The summed E-state index contributed by atoms with van der Waals surface area (Å²) in [5.74, 6) is 1.70. The molecule has 3 aromatic rings. The fourth-order valence-corrected chi connectivity index (χ4v) is 8.68. The Hall–Kier alpha value is -2.87. The van der Waals surface area contributed by atoms with Crippen LogP contribution in [0, 0.1) is 0 Å². The number of aryl methyl sites for hydroxylation is 2. The zero-order valence-corrected chi connectivity index (χ0v) is 23.3. The van der Waals surface area contributed by atoms with Gasteiger partial charge in [0.15, 0.2) is 0 Å². The van der Waals surface area contributed by atoms with Gasteiger partial charge in [-0.15, -0.1) is 0 Å². The standard InChI is InChI=1S/C31H29ClN2O4S/c32-20-9-10-21(26(17-20)39(35,36)37)27-24-15-18-5-1-11-33-13-3-7-22(28(18)33)30(24)38-31-23-8-4-14-34-12-2-6-19(29(23)34)16-25(27)31/h9-10,15-17H,1-8,11-14H2/p+1. The van der Waals surface area contributed by atoms with Crippen molar-refractivity contribution in [1.29, 1.82) is 0 Å². The molecule has 0 fully saturated rings. The van der Waals surface area contributed by atoms with Gasteiger partial charge >= 0.3 is 0 Å². The number of hydrogen-bond donors (Lipinski definition) is 1. The number of benzene rings is 3. The van der Waals surface area contributed by atoms with Crippen LogP contribution in [0.5, 0.6) is 11.5 Å². The number of halogens is 1. The molecule has 8 heteroatoms. The van der Waals surface area contributed by atoms with Crippen molar-refractivity contribution < 1.29 is 17.7 Å². The second-order valence-corrected chi connectivity index (χ2v) is 13.3. The van der Waals surface area contributed by atoms with Crippen molar-refractivity contribution in [2.45, 2.75) is 56.3 Å². The molecule has 0 bridgehead atoms. The summed E-state index contributed by atoms with van der Waals surface area (Å²) in [7, 11) is -4.53. The maximum Gasteiger partial charge on any atom is 0.295 e. The highest BCUT2D eigenvalue weighted by Gasteiger charge is 2.36. The Bertz CT molecular complexity index is 1840. The van der Waals surface area contributed by atoms with Crippen LogP contribution >= 0.6 is 11.6 Å². The molecule has 0 spiro atoms. The van der Waals surface area contributed by atoms with E-state index in [0.717, 1.165) is 105 Å². The molecular formula is C31H30ClN2O4S+. The minimum Gasteiger partial charge on any atom is -0.455 e. The van der Waals surface area contributed by atoms with Gasteiger partial charge in [-0.3, -0.25) is 4.55 Å². The number of nitrogens with zero attached hydrogens (tertiary/aromatic N) is 2. The smallest absolute Gasteiger partial charge is 0.295 e. The first-order chi connectivity index (χ1) is 18.9. The summed E-state index contributed by atoms with van der Waals surface area (Å²) in [6.45, 7) is 4.24. The van der Waals surface area contributed by atoms with E-state index in [1.54, 1.807) is 12.1 Å². The van der Waals surface area contributed by atoms with Crippen LogP contribution in [0.3, 0.4) is 0 Å². The first-order valence-electron chi connectivity index (χ1n) is 14.1. The van der Waals surface area contributed by atoms with Crippen LogP contribution in [0.15, 0.2) is 35.2 Å². The molecule has 0 aromatic heterocycles. The summed E-state index contributed by atoms with van der Waals surface area (Å²) in [5.41, 5.74) is 8.58. The quantitative estimate of drug-likeness (QED) is 0.296. The number of ether oxygens (including phenoxy) is 1. The predicted octanol–water partition coefficient (Wildman–Crippen LogP) is 4.02. The topological polar surface area (TPSA) is 69.9 Å². The fraction of sp³-hybridized carbons (Fsp3) is 0.387. The Kier molecular flexibility index (Phi) is 5.26. The van der Waals surface area contributed by atoms with Gasteiger partial charge in [-0.05, 0) is 68.4 Å². The zero-order chi connectivity index (χ0) is 26.5. The summed E-state index contributed by atoms with van der Waals surface area (Å²) in [6, 6.07) is 9.27. The van der Waals surface area contributed by atoms with Crippen LogP contribution in [-0.2, 0) is 35.8 Å². The molecule has 0 amide bonds. The molecule has 39 heavy (non-hydrogen) atoms. The van der Waals surface area contributed by atoms with Gasteiger partial charge < -0.3 is 9.64 Å². The van der Waals surface area contributed by atoms with E-state index in [2.05, 4.69) is 21.6 Å². The molecule has 5 aliphatic rings. The Morgan fingerprint density at radius 3 is 2.41 bits per heavy atom. The lowest BCUT2D eigenvalue weighted by Gasteiger charge is -2.39. The van der Waals surface area contributed by atoms with Gasteiger partial charge in [0, 0.05) is 69.7 Å². The molecule has 6 nitrogen and oxygen atoms in total. The van der Waals surface area contributed by atoms with Crippen LogP contribution in [0.25, 0.3) is 5.57 Å². The number of rotatable bonds is 2. The molecule has 0 saturated heterocycles. The summed E-state index contributed by atoms with van der Waals surface area (Å²) in [5, 5.41) is 2.50. The van der Waals surface area contributed by atoms with Crippen molar-refractivity contribution >= 4 is 33.0 Å². The van der Waals surface area contributed by atoms with Crippen LogP contribution in [-0.4, -0.2) is 39.1 Å². The van der Waals surface area contributed by atoms with Crippen molar-refractivity contribution in [2.24, 2.45) is 0 Å². The molecule has 0 unspecified atom stereocenters. The zero-order valence-electron chi connectivity index (χ0n) is 21.7. The Morgan fingerprint density at radius 1 is 0.846 bits per heavy atom. The van der Waals surface area contributed by atoms with Crippen LogP contribution in [0.2, 0.25) is 5.02 Å². The maximum absolute atomic E-state index is 12.7. The van der Waals surface area contributed by atoms with E-state index in [9.17, 15) is 13.0 Å². The summed E-state index contributed by atoms with van der Waals surface area (Å²) in [6.07, 6.45) is 8.18. The summed E-state index contributed by atoms with van der Waals surface area (Å²) < 4.78 is 45.3. The van der Waals surface area contributed by atoms with E-state index in [1.165, 1.54) is 39.4 Å². The SMILES string of the molecule is O=S(=O)(O)c1cc(Cl)ccc1C1=c2cc3c4c(c2Oc2c1cc1c5c2CCCN5CCC1)CCC[N+]=4CCC3. The molecule has 0 radical (unpaired) electrons. The van der Waals surface area contributed by atoms with E-state index in [1.807, 2.05) is 0 Å². The third kappa shape index (κ3) is 3.56. The minimum absolute atomic E-state index is 0.162. The highest BCUT2D eigenvalue weighted by atomic mass is 35.5. The summed E-state index contributed by atoms with van der Waals surface area (Å²) in [4.78, 5) is 2.34. The van der Waals surface area contributed by atoms with Crippen LogP contribution in [0.1, 0.15) is 59.1 Å².